The van der Waals surface area contributed by atoms with E-state index in [1.807, 2.05) is 0 Å². The first-order valence-electron chi connectivity index (χ1n) is 4.35. The summed E-state index contributed by atoms with van der Waals surface area (Å²) in [6.45, 7) is 3.58. The molecule has 4 nitrogen and oxygen atoms in total. The summed E-state index contributed by atoms with van der Waals surface area (Å²) < 4.78 is 21.8. The standard InChI is InChI=1S/C10H8N2O2S/c1-2-4-9-11-7-5-3-6-8(15(13)14)10(7)12-9/h2-3,5-6H,1,4H2. The lowest BCUT2D eigenvalue weighted by Crippen LogP contribution is -2.15. The Labute approximate surface area is 88.6 Å². The highest BCUT2D eigenvalue weighted by atomic mass is 32.2. The summed E-state index contributed by atoms with van der Waals surface area (Å²) in [5, 5.41) is 0. The third-order valence-electron chi connectivity index (χ3n) is 1.97. The summed E-state index contributed by atoms with van der Waals surface area (Å²) in [4.78, 5) is 8.53. The lowest BCUT2D eigenvalue weighted by Gasteiger charge is -2.01. The van der Waals surface area contributed by atoms with Crippen molar-refractivity contribution in [1.82, 2.24) is 0 Å². The van der Waals surface area contributed by atoms with E-state index in [-0.39, 0.29) is 4.86 Å². The maximum absolute atomic E-state index is 10.9. The highest BCUT2D eigenvalue weighted by Crippen LogP contribution is 2.17. The second-order valence-corrected chi connectivity index (χ2v) is 3.90. The Kier molecular flexibility index (Phi) is 2.47. The van der Waals surface area contributed by atoms with E-state index >= 15 is 0 Å². The first-order chi connectivity index (χ1) is 7.22. The number of aliphatic imine (C=N–C) groups is 2. The molecule has 0 aromatic rings. The molecule has 5 heteroatoms. The monoisotopic (exact) mass is 220 g/mol. The molecule has 0 amide bonds. The van der Waals surface area contributed by atoms with Crippen LogP contribution in [0.5, 0.6) is 0 Å². The van der Waals surface area contributed by atoms with Gasteiger partial charge in [0, 0.05) is 6.42 Å². The van der Waals surface area contributed by atoms with Crippen molar-refractivity contribution in [2.75, 3.05) is 0 Å². The number of fused-ring (bicyclic) bond motifs is 1. The lowest BCUT2D eigenvalue weighted by atomic mass is 10.1. The topological polar surface area (TPSA) is 58.9 Å². The fraction of sp³-hybridized carbons (Fsp3) is 0.100. The van der Waals surface area contributed by atoms with Crippen molar-refractivity contribution in [1.29, 1.82) is 0 Å². The van der Waals surface area contributed by atoms with Crippen LogP contribution in [0.25, 0.3) is 0 Å². The molecular weight excluding hydrogens is 212 g/mol. The Balaban J connectivity index is 2.50. The van der Waals surface area contributed by atoms with E-state index in [2.05, 4.69) is 16.6 Å². The molecule has 0 saturated heterocycles. The van der Waals surface area contributed by atoms with E-state index in [9.17, 15) is 8.42 Å². The molecule has 76 valence electrons. The quantitative estimate of drug-likeness (QED) is 0.513. The molecule has 1 aliphatic carbocycles. The molecule has 2 aliphatic rings. The van der Waals surface area contributed by atoms with Crippen LogP contribution in [0, 0.1) is 0 Å². The molecule has 0 spiro atoms. The van der Waals surface area contributed by atoms with Crippen LogP contribution in [-0.2, 0) is 10.3 Å². The van der Waals surface area contributed by atoms with Gasteiger partial charge in [-0.2, -0.15) is 8.42 Å². The smallest absolute Gasteiger partial charge is 0.223 e. The zero-order valence-corrected chi connectivity index (χ0v) is 8.66. The van der Waals surface area contributed by atoms with Crippen LogP contribution in [-0.4, -0.2) is 24.8 Å². The van der Waals surface area contributed by atoms with E-state index in [4.69, 9.17) is 0 Å². The van der Waals surface area contributed by atoms with Crippen molar-refractivity contribution >= 4 is 26.7 Å². The maximum atomic E-state index is 10.9. The summed E-state index contributed by atoms with van der Waals surface area (Å²) in [6, 6.07) is 0. The van der Waals surface area contributed by atoms with Crippen molar-refractivity contribution in [2.24, 2.45) is 9.98 Å². The highest BCUT2D eigenvalue weighted by molar-refractivity contribution is 7.75. The first-order valence-corrected chi connectivity index (χ1v) is 5.42. The second kappa shape index (κ2) is 3.78. The Morgan fingerprint density at radius 1 is 1.40 bits per heavy atom. The van der Waals surface area contributed by atoms with Gasteiger partial charge in [0.15, 0.2) is 0 Å². The van der Waals surface area contributed by atoms with Crippen molar-refractivity contribution in [3.8, 4) is 0 Å². The second-order valence-electron chi connectivity index (χ2n) is 2.99. The van der Waals surface area contributed by atoms with Gasteiger partial charge in [-0.25, -0.2) is 9.98 Å². The molecule has 0 aromatic heterocycles. The Bertz CT molecular complexity index is 567. The zero-order valence-electron chi connectivity index (χ0n) is 7.84. The molecule has 0 aromatic carbocycles. The van der Waals surface area contributed by atoms with Gasteiger partial charge in [-0.1, -0.05) is 12.2 Å². The van der Waals surface area contributed by atoms with Crippen LogP contribution >= 0.6 is 0 Å². The minimum absolute atomic E-state index is 0.190. The molecule has 15 heavy (non-hydrogen) atoms. The Morgan fingerprint density at radius 3 is 2.87 bits per heavy atom. The average Bonchev–Trinajstić information content (AvgIpc) is 2.59. The van der Waals surface area contributed by atoms with Gasteiger partial charge in [0.1, 0.15) is 16.4 Å². The normalized spacial score (nSPS) is 17.9. The molecule has 1 heterocycles. The van der Waals surface area contributed by atoms with Crippen LogP contribution in [0.15, 0.2) is 46.6 Å². The third-order valence-corrected chi connectivity index (χ3v) is 2.66. The molecular formula is C10H8N2O2S. The fourth-order valence-electron chi connectivity index (χ4n) is 1.36. The zero-order chi connectivity index (χ0) is 10.8. The highest BCUT2D eigenvalue weighted by Gasteiger charge is 2.21. The average molecular weight is 220 g/mol. The summed E-state index contributed by atoms with van der Waals surface area (Å²) in [7, 11) is -2.27. The van der Waals surface area contributed by atoms with Gasteiger partial charge < -0.3 is 0 Å². The predicted molar refractivity (Wildman–Crippen MR) is 60.8 cm³/mol. The predicted octanol–water partition coefficient (Wildman–Crippen LogP) is 0.921. The van der Waals surface area contributed by atoms with Gasteiger partial charge in [0.2, 0.25) is 10.3 Å². The van der Waals surface area contributed by atoms with Crippen LogP contribution < -0.4 is 0 Å². The number of nitrogens with zero attached hydrogens (tertiary/aromatic N) is 2. The SMILES string of the molecule is C=CCC1=NC2=CC=CC(=S(=O)=O)C2=N1. The van der Waals surface area contributed by atoms with Crippen LogP contribution in [0.4, 0.5) is 0 Å². The van der Waals surface area contributed by atoms with Crippen LogP contribution in [0.2, 0.25) is 0 Å². The van der Waals surface area contributed by atoms with Crippen molar-refractivity contribution in [3.63, 3.8) is 0 Å². The van der Waals surface area contributed by atoms with E-state index in [1.165, 1.54) is 6.08 Å². The van der Waals surface area contributed by atoms with Crippen LogP contribution in [0.3, 0.4) is 0 Å². The minimum Gasteiger partial charge on any atom is -0.231 e. The van der Waals surface area contributed by atoms with Gasteiger partial charge in [0.25, 0.3) is 0 Å². The minimum atomic E-state index is -2.27. The number of amidine groups is 1. The first kappa shape index (κ1) is 9.79. The summed E-state index contributed by atoms with van der Waals surface area (Å²) in [5.41, 5.74) is 1.04. The summed E-state index contributed by atoms with van der Waals surface area (Å²) in [6.07, 6.45) is 7.13. The maximum Gasteiger partial charge on any atom is 0.223 e. The van der Waals surface area contributed by atoms with E-state index in [0.717, 1.165) is 0 Å². The van der Waals surface area contributed by atoms with Crippen molar-refractivity contribution in [3.05, 3.63) is 36.6 Å². The van der Waals surface area contributed by atoms with E-state index in [0.29, 0.717) is 23.7 Å². The van der Waals surface area contributed by atoms with E-state index in [1.54, 1.807) is 18.2 Å². The molecule has 0 radical (unpaired) electrons. The number of rotatable bonds is 2. The number of hydrogen-bond donors (Lipinski definition) is 0. The molecule has 1 aliphatic heterocycles. The van der Waals surface area contributed by atoms with Crippen molar-refractivity contribution < 1.29 is 8.42 Å². The largest absolute Gasteiger partial charge is 0.231 e. The van der Waals surface area contributed by atoms with Gasteiger partial charge in [0.05, 0.1) is 5.70 Å². The molecule has 0 unspecified atom stereocenters. The van der Waals surface area contributed by atoms with Gasteiger partial charge in [-0.15, -0.1) is 6.58 Å². The number of hydrogen-bond acceptors (Lipinski definition) is 4. The van der Waals surface area contributed by atoms with Gasteiger partial charge >= 0.3 is 0 Å². The van der Waals surface area contributed by atoms with E-state index < -0.39 is 10.3 Å². The number of allylic oxidation sites excluding steroid dienone is 4. The lowest BCUT2D eigenvalue weighted by molar-refractivity contribution is 0.627. The third kappa shape index (κ3) is 1.73. The molecule has 0 saturated carbocycles. The Morgan fingerprint density at radius 2 is 2.20 bits per heavy atom. The molecule has 0 bridgehead atoms. The van der Waals surface area contributed by atoms with Gasteiger partial charge in [-0.05, 0) is 12.2 Å². The molecule has 0 atom stereocenters. The van der Waals surface area contributed by atoms with Crippen LogP contribution in [0.1, 0.15) is 6.42 Å². The fourth-order valence-corrected chi connectivity index (χ4v) is 1.86. The summed E-state index contributed by atoms with van der Waals surface area (Å²) >= 11 is 0. The van der Waals surface area contributed by atoms with Crippen molar-refractivity contribution in [2.45, 2.75) is 6.42 Å². The molecule has 2 rings (SSSR count). The Hall–Kier alpha value is -1.75. The summed E-state index contributed by atoms with van der Waals surface area (Å²) in [5.74, 6) is 0.595. The van der Waals surface area contributed by atoms with Gasteiger partial charge in [-0.3, -0.25) is 0 Å². The molecule has 0 N–H and O–H groups in total. The molecule has 0 fully saturated rings.